The maximum Gasteiger partial charge on any atom is 0.410 e. The summed E-state index contributed by atoms with van der Waals surface area (Å²) in [4.78, 5) is 14.2. The average molecular weight is 365 g/mol. The van der Waals surface area contributed by atoms with Gasteiger partial charge in [-0.2, -0.15) is 0 Å². The first kappa shape index (κ1) is 19.1. The molecule has 1 spiro atoms. The van der Waals surface area contributed by atoms with Crippen molar-refractivity contribution in [3.05, 3.63) is 35.6 Å². The normalized spacial score (nSPS) is 29.7. The van der Waals surface area contributed by atoms with Crippen molar-refractivity contribution in [2.24, 2.45) is 0 Å². The molecule has 2 fully saturated rings. The minimum absolute atomic E-state index is 0.140. The lowest BCUT2D eigenvalue weighted by Crippen LogP contribution is -2.57. The third-order valence-electron chi connectivity index (χ3n) is 5.19. The fourth-order valence-corrected chi connectivity index (χ4v) is 3.95. The zero-order valence-corrected chi connectivity index (χ0v) is 15.7. The maximum absolute atomic E-state index is 13.4. The molecule has 1 unspecified atom stereocenters. The third-order valence-corrected chi connectivity index (χ3v) is 5.19. The quantitative estimate of drug-likeness (QED) is 0.828. The number of rotatable bonds is 1. The van der Waals surface area contributed by atoms with Gasteiger partial charge in [-0.1, -0.05) is 12.1 Å². The van der Waals surface area contributed by atoms with Crippen LogP contribution in [0.5, 0.6) is 0 Å². The first-order valence-electron chi connectivity index (χ1n) is 9.24. The number of carbonyl (C=O) groups excluding carboxylic acids is 1. The molecule has 0 bridgehead atoms. The van der Waals surface area contributed by atoms with Gasteiger partial charge in [-0.3, -0.25) is 0 Å². The summed E-state index contributed by atoms with van der Waals surface area (Å²) in [7, 11) is 0. The number of amides is 1. The van der Waals surface area contributed by atoms with E-state index < -0.39 is 17.3 Å². The van der Waals surface area contributed by atoms with Gasteiger partial charge < -0.3 is 19.5 Å². The molecule has 2 saturated heterocycles. The third kappa shape index (κ3) is 4.18. The number of likely N-dealkylation sites (tertiary alicyclic amines) is 1. The van der Waals surface area contributed by atoms with Gasteiger partial charge in [0.1, 0.15) is 11.4 Å². The number of nitrogens with zero attached hydrogens (tertiary/aromatic N) is 1. The summed E-state index contributed by atoms with van der Waals surface area (Å²) in [6, 6.07) is 6.33. The number of piperidine rings is 1. The highest BCUT2D eigenvalue weighted by Crippen LogP contribution is 2.44. The molecule has 3 atom stereocenters. The van der Waals surface area contributed by atoms with E-state index in [2.05, 4.69) is 0 Å². The second-order valence-corrected chi connectivity index (χ2v) is 8.34. The molecule has 0 radical (unpaired) electrons. The van der Waals surface area contributed by atoms with Gasteiger partial charge in [0.25, 0.3) is 0 Å². The van der Waals surface area contributed by atoms with E-state index in [1.165, 1.54) is 12.1 Å². The monoisotopic (exact) mass is 365 g/mol. The van der Waals surface area contributed by atoms with Gasteiger partial charge in [-0.25, -0.2) is 9.18 Å². The molecule has 2 aliphatic rings. The van der Waals surface area contributed by atoms with Crippen LogP contribution in [0.15, 0.2) is 24.3 Å². The zero-order valence-electron chi connectivity index (χ0n) is 15.7. The van der Waals surface area contributed by atoms with E-state index in [0.717, 1.165) is 5.56 Å². The van der Waals surface area contributed by atoms with E-state index in [0.29, 0.717) is 39.0 Å². The SMILES string of the molecule is CC(C)(C)OC(=O)N1CCC2(C[C@H](O)CCO2)[C@H](c2ccc(F)cc2)C1. The average Bonchev–Trinajstić information content (AvgIpc) is 2.54. The first-order chi connectivity index (χ1) is 12.2. The lowest BCUT2D eigenvalue weighted by Gasteiger charge is -2.50. The smallest absolute Gasteiger partial charge is 0.410 e. The van der Waals surface area contributed by atoms with E-state index in [1.807, 2.05) is 20.8 Å². The van der Waals surface area contributed by atoms with Crippen molar-refractivity contribution in [1.29, 1.82) is 0 Å². The number of ether oxygens (including phenoxy) is 2. The molecular weight excluding hydrogens is 337 g/mol. The topological polar surface area (TPSA) is 59.0 Å². The van der Waals surface area contributed by atoms with Crippen molar-refractivity contribution >= 4 is 6.09 Å². The molecule has 26 heavy (non-hydrogen) atoms. The predicted molar refractivity (Wildman–Crippen MR) is 95.5 cm³/mol. The summed E-state index contributed by atoms with van der Waals surface area (Å²) in [5.41, 5.74) is -0.183. The highest BCUT2D eigenvalue weighted by Gasteiger charge is 2.49. The Morgan fingerprint density at radius 2 is 2.04 bits per heavy atom. The molecule has 1 amide bonds. The largest absolute Gasteiger partial charge is 0.444 e. The number of aliphatic hydroxyl groups excluding tert-OH is 1. The fraction of sp³-hybridized carbons (Fsp3) is 0.650. The molecule has 3 rings (SSSR count). The molecule has 1 aromatic carbocycles. The fourth-order valence-electron chi connectivity index (χ4n) is 3.95. The summed E-state index contributed by atoms with van der Waals surface area (Å²) in [6.07, 6.45) is 0.992. The van der Waals surface area contributed by atoms with Crippen LogP contribution >= 0.6 is 0 Å². The summed E-state index contributed by atoms with van der Waals surface area (Å²) in [6.45, 7) is 6.95. The Morgan fingerprint density at radius 3 is 2.65 bits per heavy atom. The number of benzene rings is 1. The molecule has 1 N–H and O–H groups in total. The molecule has 1 aromatic rings. The van der Waals surface area contributed by atoms with Gasteiger partial charge in [0.2, 0.25) is 0 Å². The van der Waals surface area contributed by atoms with Crippen LogP contribution in [0.25, 0.3) is 0 Å². The molecule has 0 aliphatic carbocycles. The standard InChI is InChI=1S/C20H28FNO4/c1-19(2,3)26-18(24)22-10-9-20(12-16(23)8-11-25-20)17(13-22)14-4-6-15(21)7-5-14/h4-7,16-17,23H,8-13H2,1-3H3/t16-,17+,20?/m1/s1. The summed E-state index contributed by atoms with van der Waals surface area (Å²) in [5, 5.41) is 10.2. The molecule has 2 aliphatic heterocycles. The lowest BCUT2D eigenvalue weighted by molar-refractivity contribution is -0.153. The molecule has 6 heteroatoms. The van der Waals surface area contributed by atoms with Gasteiger partial charge in [-0.05, 0) is 51.3 Å². The number of carbonyl (C=O) groups is 1. The van der Waals surface area contributed by atoms with Crippen LogP contribution in [0.3, 0.4) is 0 Å². The first-order valence-corrected chi connectivity index (χ1v) is 9.24. The van der Waals surface area contributed by atoms with Gasteiger partial charge in [0.05, 0.1) is 11.7 Å². The molecule has 0 aromatic heterocycles. The van der Waals surface area contributed by atoms with Crippen molar-refractivity contribution in [2.75, 3.05) is 19.7 Å². The van der Waals surface area contributed by atoms with Gasteiger partial charge in [0.15, 0.2) is 0 Å². The molecular formula is C20H28FNO4. The minimum atomic E-state index is -0.560. The Bertz CT molecular complexity index is 642. The van der Waals surface area contributed by atoms with Gasteiger partial charge in [0, 0.05) is 32.0 Å². The van der Waals surface area contributed by atoms with Crippen LogP contribution in [0.4, 0.5) is 9.18 Å². The van der Waals surface area contributed by atoms with Crippen LogP contribution in [-0.2, 0) is 9.47 Å². The lowest BCUT2D eigenvalue weighted by atomic mass is 9.72. The van der Waals surface area contributed by atoms with Gasteiger partial charge in [-0.15, -0.1) is 0 Å². The molecule has 5 nitrogen and oxygen atoms in total. The van der Waals surface area contributed by atoms with Crippen LogP contribution < -0.4 is 0 Å². The molecule has 0 saturated carbocycles. The molecule has 144 valence electrons. The van der Waals surface area contributed by atoms with E-state index >= 15 is 0 Å². The number of hydrogen-bond acceptors (Lipinski definition) is 4. The summed E-state index contributed by atoms with van der Waals surface area (Å²) >= 11 is 0. The Hall–Kier alpha value is -1.66. The van der Waals surface area contributed by atoms with Crippen molar-refractivity contribution in [3.63, 3.8) is 0 Å². The van der Waals surface area contributed by atoms with E-state index in [4.69, 9.17) is 9.47 Å². The van der Waals surface area contributed by atoms with Crippen LogP contribution in [-0.4, -0.2) is 53.1 Å². The molecule has 2 heterocycles. The predicted octanol–water partition coefficient (Wildman–Crippen LogP) is 3.46. The maximum atomic E-state index is 13.4. The van der Waals surface area contributed by atoms with E-state index in [-0.39, 0.29) is 17.8 Å². The summed E-state index contributed by atoms with van der Waals surface area (Å²) < 4.78 is 25.1. The highest BCUT2D eigenvalue weighted by atomic mass is 19.1. The van der Waals surface area contributed by atoms with Crippen molar-refractivity contribution in [2.45, 2.75) is 63.3 Å². The number of hydrogen-bond donors (Lipinski definition) is 1. The Balaban J connectivity index is 1.86. The second kappa shape index (κ2) is 7.16. The Labute approximate surface area is 154 Å². The van der Waals surface area contributed by atoms with E-state index in [1.54, 1.807) is 17.0 Å². The van der Waals surface area contributed by atoms with Crippen LogP contribution in [0.1, 0.15) is 51.5 Å². The van der Waals surface area contributed by atoms with E-state index in [9.17, 15) is 14.3 Å². The summed E-state index contributed by atoms with van der Waals surface area (Å²) in [5.74, 6) is -0.438. The van der Waals surface area contributed by atoms with Crippen molar-refractivity contribution < 1.29 is 23.8 Å². The minimum Gasteiger partial charge on any atom is -0.444 e. The number of aliphatic hydroxyl groups is 1. The zero-order chi connectivity index (χ0) is 18.9. The van der Waals surface area contributed by atoms with Crippen LogP contribution in [0.2, 0.25) is 0 Å². The second-order valence-electron chi connectivity index (χ2n) is 8.34. The Kier molecular flexibility index (Phi) is 5.26. The van der Waals surface area contributed by atoms with Crippen molar-refractivity contribution in [3.8, 4) is 0 Å². The van der Waals surface area contributed by atoms with Crippen molar-refractivity contribution in [1.82, 2.24) is 4.90 Å². The van der Waals surface area contributed by atoms with Crippen LogP contribution in [0, 0.1) is 5.82 Å². The Morgan fingerprint density at radius 1 is 1.35 bits per heavy atom. The van der Waals surface area contributed by atoms with Gasteiger partial charge >= 0.3 is 6.09 Å². The number of halogens is 1. The highest BCUT2D eigenvalue weighted by molar-refractivity contribution is 5.68.